The van der Waals surface area contributed by atoms with E-state index in [2.05, 4.69) is 25.8 Å². The molecule has 1 aromatic heterocycles. The van der Waals surface area contributed by atoms with Crippen LogP contribution in [0.5, 0.6) is 0 Å². The normalized spacial score (nSPS) is 13.8. The van der Waals surface area contributed by atoms with E-state index in [0.717, 1.165) is 0 Å². The molecule has 0 bridgehead atoms. The number of rotatable bonds is 7. The molecule has 0 saturated carbocycles. The van der Waals surface area contributed by atoms with E-state index in [9.17, 15) is 18.3 Å². The van der Waals surface area contributed by atoms with Gasteiger partial charge in [-0.25, -0.2) is 0 Å². The highest BCUT2D eigenvalue weighted by molar-refractivity contribution is 9.10. The third-order valence-electron chi connectivity index (χ3n) is 2.20. The van der Waals surface area contributed by atoms with E-state index in [0.29, 0.717) is 23.3 Å². The molecule has 5 nitrogen and oxygen atoms in total. The van der Waals surface area contributed by atoms with Crippen molar-refractivity contribution in [1.82, 2.24) is 9.78 Å². The van der Waals surface area contributed by atoms with Gasteiger partial charge >= 0.3 is 6.18 Å². The average Bonchev–Trinajstić information content (AvgIpc) is 2.66. The first-order valence-electron chi connectivity index (χ1n) is 5.38. The van der Waals surface area contributed by atoms with E-state index >= 15 is 0 Å². The maximum absolute atomic E-state index is 11.9. The molecular formula is C10H14BrF3N2O3. The van der Waals surface area contributed by atoms with Crippen molar-refractivity contribution in [2.24, 2.45) is 0 Å². The fraction of sp³-hybridized carbons (Fsp3) is 0.700. The van der Waals surface area contributed by atoms with Gasteiger partial charge in [-0.2, -0.15) is 18.3 Å². The second-order valence-corrected chi connectivity index (χ2v) is 4.59. The van der Waals surface area contributed by atoms with E-state index < -0.39 is 25.5 Å². The van der Waals surface area contributed by atoms with Gasteiger partial charge in [0, 0.05) is 7.11 Å². The molecule has 1 aromatic rings. The molecule has 9 heteroatoms. The summed E-state index contributed by atoms with van der Waals surface area (Å²) in [5.41, 5.74) is 0.360. The van der Waals surface area contributed by atoms with Gasteiger partial charge in [0.1, 0.15) is 12.7 Å². The molecule has 0 aliphatic carbocycles. The second kappa shape index (κ2) is 7.22. The Balaban J connectivity index is 2.60. The van der Waals surface area contributed by atoms with Crippen molar-refractivity contribution in [3.8, 4) is 0 Å². The molecule has 0 amide bonds. The van der Waals surface area contributed by atoms with Crippen molar-refractivity contribution in [1.29, 1.82) is 0 Å². The number of methoxy groups -OCH3 is 1. The molecule has 1 N–H and O–H groups in total. The van der Waals surface area contributed by atoms with Gasteiger partial charge in [0.05, 0.1) is 36.1 Å². The van der Waals surface area contributed by atoms with Crippen LogP contribution >= 0.6 is 15.9 Å². The van der Waals surface area contributed by atoms with E-state index in [1.54, 1.807) is 0 Å². The van der Waals surface area contributed by atoms with Gasteiger partial charge in [0.15, 0.2) is 0 Å². The van der Waals surface area contributed by atoms with Crippen molar-refractivity contribution in [2.45, 2.75) is 18.8 Å². The average molecular weight is 347 g/mol. The Bertz CT molecular complexity index is 398. The quantitative estimate of drug-likeness (QED) is 0.819. The Hall–Kier alpha value is -0.640. The number of ether oxygens (including phenoxy) is 2. The largest absolute Gasteiger partial charge is 0.411 e. The fourth-order valence-electron chi connectivity index (χ4n) is 1.42. The summed E-state index contributed by atoms with van der Waals surface area (Å²) in [7, 11) is 1.51. The lowest BCUT2D eigenvalue weighted by Gasteiger charge is -2.15. The van der Waals surface area contributed by atoms with Crippen LogP contribution in [0.15, 0.2) is 10.7 Å². The summed E-state index contributed by atoms with van der Waals surface area (Å²) in [5, 5.41) is 13.8. The topological polar surface area (TPSA) is 56.5 Å². The van der Waals surface area contributed by atoms with Gasteiger partial charge in [-0.1, -0.05) is 0 Å². The minimum atomic E-state index is -4.41. The van der Waals surface area contributed by atoms with Crippen LogP contribution in [0.2, 0.25) is 0 Å². The highest BCUT2D eigenvalue weighted by Crippen LogP contribution is 2.24. The SMILES string of the molecule is COCCn1ncc(Br)c1C(O)COCC(F)(F)F. The zero-order valence-corrected chi connectivity index (χ0v) is 11.7. The minimum Gasteiger partial charge on any atom is -0.384 e. The molecule has 0 aliphatic rings. The van der Waals surface area contributed by atoms with Gasteiger partial charge in [0.2, 0.25) is 0 Å². The highest BCUT2D eigenvalue weighted by atomic mass is 79.9. The van der Waals surface area contributed by atoms with Gasteiger partial charge in [-0.3, -0.25) is 4.68 Å². The van der Waals surface area contributed by atoms with Crippen LogP contribution in [0.1, 0.15) is 11.8 Å². The molecule has 0 saturated heterocycles. The summed E-state index contributed by atoms with van der Waals surface area (Å²) in [6.45, 7) is -1.10. The third-order valence-corrected chi connectivity index (χ3v) is 2.81. The van der Waals surface area contributed by atoms with Crippen LogP contribution in [-0.4, -0.2) is 48.0 Å². The summed E-state index contributed by atoms with van der Waals surface area (Å²) in [6.07, 6.45) is -4.15. The first kappa shape index (κ1) is 16.4. The summed E-state index contributed by atoms with van der Waals surface area (Å²) >= 11 is 3.18. The molecule has 0 radical (unpaired) electrons. The maximum Gasteiger partial charge on any atom is 0.411 e. The van der Waals surface area contributed by atoms with E-state index in [-0.39, 0.29) is 0 Å². The smallest absolute Gasteiger partial charge is 0.384 e. The zero-order valence-electron chi connectivity index (χ0n) is 10.2. The van der Waals surface area contributed by atoms with Crippen LogP contribution in [0.3, 0.4) is 0 Å². The molecule has 110 valence electrons. The molecule has 1 rings (SSSR count). The maximum atomic E-state index is 11.9. The number of aromatic nitrogens is 2. The van der Waals surface area contributed by atoms with Gasteiger partial charge in [-0.05, 0) is 15.9 Å². The Labute approximate surface area is 116 Å². The van der Waals surface area contributed by atoms with Crippen LogP contribution in [0.25, 0.3) is 0 Å². The summed E-state index contributed by atoms with van der Waals surface area (Å²) in [6, 6.07) is 0. The van der Waals surface area contributed by atoms with Crippen molar-refractivity contribution in [3.63, 3.8) is 0 Å². The fourth-order valence-corrected chi connectivity index (χ4v) is 1.98. The number of aliphatic hydroxyl groups is 1. The second-order valence-electron chi connectivity index (χ2n) is 3.74. The number of aliphatic hydroxyl groups excluding tert-OH is 1. The lowest BCUT2D eigenvalue weighted by molar-refractivity contribution is -0.179. The molecule has 0 aliphatic heterocycles. The van der Waals surface area contributed by atoms with Crippen molar-refractivity contribution in [3.05, 3.63) is 16.4 Å². The molecule has 19 heavy (non-hydrogen) atoms. The van der Waals surface area contributed by atoms with Gasteiger partial charge < -0.3 is 14.6 Å². The molecule has 0 spiro atoms. The molecule has 0 aromatic carbocycles. The Morgan fingerprint density at radius 1 is 1.53 bits per heavy atom. The molecule has 1 heterocycles. The minimum absolute atomic E-state index is 0.360. The van der Waals surface area contributed by atoms with E-state index in [4.69, 9.17) is 4.74 Å². The Kier molecular flexibility index (Phi) is 6.24. The number of halogens is 4. The zero-order chi connectivity index (χ0) is 14.5. The predicted octanol–water partition coefficient (Wildman–Crippen LogP) is 1.90. The van der Waals surface area contributed by atoms with Gasteiger partial charge in [-0.15, -0.1) is 0 Å². The van der Waals surface area contributed by atoms with E-state index in [1.807, 2.05) is 0 Å². The number of nitrogens with zero attached hydrogens (tertiary/aromatic N) is 2. The third kappa shape index (κ3) is 5.47. The molecule has 0 fully saturated rings. The Morgan fingerprint density at radius 3 is 2.79 bits per heavy atom. The van der Waals surface area contributed by atoms with Crippen molar-refractivity contribution < 1.29 is 27.8 Å². The van der Waals surface area contributed by atoms with Crippen LogP contribution in [0.4, 0.5) is 13.2 Å². The lowest BCUT2D eigenvalue weighted by Crippen LogP contribution is -2.21. The number of hydrogen-bond acceptors (Lipinski definition) is 4. The van der Waals surface area contributed by atoms with Crippen LogP contribution in [0, 0.1) is 0 Å². The number of alkyl halides is 3. The van der Waals surface area contributed by atoms with Crippen molar-refractivity contribution >= 4 is 15.9 Å². The Morgan fingerprint density at radius 2 is 2.21 bits per heavy atom. The predicted molar refractivity (Wildman–Crippen MR) is 63.6 cm³/mol. The van der Waals surface area contributed by atoms with E-state index in [1.165, 1.54) is 18.0 Å². The summed E-state index contributed by atoms with van der Waals surface area (Å²) < 4.78 is 47.0. The number of hydrogen-bond donors (Lipinski definition) is 1. The lowest BCUT2D eigenvalue weighted by atomic mass is 10.2. The first-order chi connectivity index (χ1) is 8.85. The van der Waals surface area contributed by atoms with Crippen LogP contribution in [-0.2, 0) is 16.0 Å². The first-order valence-corrected chi connectivity index (χ1v) is 6.17. The highest BCUT2D eigenvalue weighted by Gasteiger charge is 2.28. The van der Waals surface area contributed by atoms with Crippen LogP contribution < -0.4 is 0 Å². The van der Waals surface area contributed by atoms with Gasteiger partial charge in [0.25, 0.3) is 0 Å². The molecule has 1 unspecified atom stereocenters. The van der Waals surface area contributed by atoms with Crippen molar-refractivity contribution in [2.75, 3.05) is 26.9 Å². The molecular weight excluding hydrogens is 333 g/mol. The summed E-state index contributed by atoms with van der Waals surface area (Å²) in [4.78, 5) is 0. The summed E-state index contributed by atoms with van der Waals surface area (Å²) in [5.74, 6) is 0. The molecule has 1 atom stereocenters. The standard InChI is InChI=1S/C10H14BrF3N2O3/c1-18-3-2-16-9(7(11)4-15-16)8(17)5-19-6-10(12,13)14/h4,8,17H,2-3,5-6H2,1H3. The monoisotopic (exact) mass is 346 g/mol.